The monoisotopic (exact) mass is 425 g/mol. The van der Waals surface area contributed by atoms with Crippen LogP contribution in [0.4, 0.5) is 0 Å². The van der Waals surface area contributed by atoms with E-state index in [2.05, 4.69) is 20.7 Å². The first kappa shape index (κ1) is 21.5. The van der Waals surface area contributed by atoms with E-state index < -0.39 is 11.2 Å². The molecule has 0 bridgehead atoms. The quantitative estimate of drug-likeness (QED) is 0.563. The Morgan fingerprint density at radius 2 is 1.77 bits per heavy atom. The molecule has 1 unspecified atom stereocenters. The summed E-state index contributed by atoms with van der Waals surface area (Å²) >= 11 is -1.03. The standard InChI is InChI=1S/C21H23N5O3S/c1-14(2)24-21(28)19-6-4-5-18(25-19)20(27)22-11-15-12-23-26(13-15)16-7-9-17(10-8-16)30(3)29/h4-10,12-14H,11H2,1-3H3,(H,22,27)(H,24,28). The molecule has 0 aliphatic heterocycles. The lowest BCUT2D eigenvalue weighted by atomic mass is 10.2. The lowest BCUT2D eigenvalue weighted by Crippen LogP contribution is -2.31. The van der Waals surface area contributed by atoms with E-state index in [9.17, 15) is 14.1 Å². The van der Waals surface area contributed by atoms with Gasteiger partial charge in [-0.05, 0) is 61.4 Å². The molecular weight excluding hydrogens is 402 g/mol. The van der Waals surface area contributed by atoms with Gasteiger partial charge in [0.15, 0.2) is 4.90 Å². The van der Waals surface area contributed by atoms with Gasteiger partial charge < -0.3 is 15.2 Å². The topological polar surface area (TPSA) is 112 Å². The SMILES string of the molecule is CC(C)NC(=O)c1cccc(C(=O)NCc2cnn(-c3ccc([S+](C)[O-])cc3)c2)n1. The Morgan fingerprint density at radius 1 is 1.10 bits per heavy atom. The predicted molar refractivity (Wildman–Crippen MR) is 114 cm³/mol. The highest BCUT2D eigenvalue weighted by Crippen LogP contribution is 2.14. The number of aromatic nitrogens is 3. The zero-order valence-electron chi connectivity index (χ0n) is 17.0. The third-order valence-corrected chi connectivity index (χ3v) is 5.09. The Hall–Kier alpha value is -3.17. The van der Waals surface area contributed by atoms with E-state index in [0.29, 0.717) is 0 Å². The van der Waals surface area contributed by atoms with E-state index in [1.54, 1.807) is 53.7 Å². The van der Waals surface area contributed by atoms with E-state index in [0.717, 1.165) is 16.1 Å². The number of amides is 2. The van der Waals surface area contributed by atoms with Crippen LogP contribution in [-0.4, -0.2) is 43.4 Å². The Morgan fingerprint density at radius 3 is 2.40 bits per heavy atom. The van der Waals surface area contributed by atoms with Crippen LogP contribution in [0.15, 0.2) is 59.8 Å². The summed E-state index contributed by atoms with van der Waals surface area (Å²) in [6.45, 7) is 3.97. The second-order valence-electron chi connectivity index (χ2n) is 6.96. The van der Waals surface area contributed by atoms with Gasteiger partial charge in [0.05, 0.1) is 11.9 Å². The Kier molecular flexibility index (Phi) is 6.86. The van der Waals surface area contributed by atoms with Crippen molar-refractivity contribution in [2.45, 2.75) is 31.3 Å². The normalized spacial score (nSPS) is 11.9. The van der Waals surface area contributed by atoms with Gasteiger partial charge in [0.2, 0.25) is 0 Å². The van der Waals surface area contributed by atoms with E-state index in [-0.39, 0.29) is 35.8 Å². The number of carbonyl (C=O) groups excluding carboxylic acids is 2. The van der Waals surface area contributed by atoms with Crippen molar-refractivity contribution in [1.29, 1.82) is 0 Å². The second kappa shape index (κ2) is 9.55. The average Bonchev–Trinajstić information content (AvgIpc) is 3.20. The molecule has 2 aromatic heterocycles. The largest absolute Gasteiger partial charge is 0.612 e. The van der Waals surface area contributed by atoms with Crippen molar-refractivity contribution in [3.8, 4) is 5.69 Å². The molecule has 8 nitrogen and oxygen atoms in total. The van der Waals surface area contributed by atoms with Gasteiger partial charge >= 0.3 is 0 Å². The molecule has 0 radical (unpaired) electrons. The minimum atomic E-state index is -1.03. The summed E-state index contributed by atoms with van der Waals surface area (Å²) in [4.78, 5) is 29.4. The van der Waals surface area contributed by atoms with Crippen LogP contribution in [0.2, 0.25) is 0 Å². The molecule has 2 N–H and O–H groups in total. The molecular formula is C21H23N5O3S. The van der Waals surface area contributed by atoms with Crippen LogP contribution in [-0.2, 0) is 17.7 Å². The van der Waals surface area contributed by atoms with Crippen molar-refractivity contribution in [1.82, 2.24) is 25.4 Å². The number of nitrogens with one attached hydrogen (secondary N) is 2. The van der Waals surface area contributed by atoms with E-state index in [1.165, 1.54) is 0 Å². The van der Waals surface area contributed by atoms with Crippen molar-refractivity contribution < 1.29 is 14.1 Å². The lowest BCUT2D eigenvalue weighted by molar-refractivity contribution is 0.0936. The van der Waals surface area contributed by atoms with Crippen LogP contribution >= 0.6 is 0 Å². The van der Waals surface area contributed by atoms with Crippen LogP contribution < -0.4 is 10.6 Å². The highest BCUT2D eigenvalue weighted by atomic mass is 32.2. The first-order valence-electron chi connectivity index (χ1n) is 9.37. The Bertz CT molecular complexity index is 1030. The zero-order valence-corrected chi connectivity index (χ0v) is 17.8. The summed E-state index contributed by atoms with van der Waals surface area (Å²) in [6.07, 6.45) is 5.09. The van der Waals surface area contributed by atoms with Crippen molar-refractivity contribution >= 4 is 23.0 Å². The lowest BCUT2D eigenvalue weighted by Gasteiger charge is -2.09. The summed E-state index contributed by atoms with van der Waals surface area (Å²) in [5.74, 6) is -0.699. The molecule has 0 fully saturated rings. The molecule has 30 heavy (non-hydrogen) atoms. The molecule has 156 valence electrons. The minimum Gasteiger partial charge on any atom is -0.612 e. The summed E-state index contributed by atoms with van der Waals surface area (Å²) in [7, 11) is 0. The smallest absolute Gasteiger partial charge is 0.270 e. The maximum atomic E-state index is 12.4. The molecule has 1 aromatic carbocycles. The van der Waals surface area contributed by atoms with Gasteiger partial charge in [0, 0.05) is 24.3 Å². The molecule has 0 spiro atoms. The van der Waals surface area contributed by atoms with Crippen LogP contribution in [0.5, 0.6) is 0 Å². The third-order valence-electron chi connectivity index (χ3n) is 4.16. The first-order chi connectivity index (χ1) is 14.3. The van der Waals surface area contributed by atoms with Gasteiger partial charge in [-0.25, -0.2) is 9.67 Å². The fraction of sp³-hybridized carbons (Fsp3) is 0.238. The predicted octanol–water partition coefficient (Wildman–Crippen LogP) is 2.07. The molecule has 0 aliphatic carbocycles. The number of pyridine rings is 1. The fourth-order valence-corrected chi connectivity index (χ4v) is 3.20. The summed E-state index contributed by atoms with van der Waals surface area (Å²) in [6, 6.07) is 12.0. The zero-order chi connectivity index (χ0) is 21.7. The minimum absolute atomic E-state index is 0.0198. The molecule has 0 saturated heterocycles. The molecule has 2 heterocycles. The number of hydrogen-bond acceptors (Lipinski definition) is 5. The van der Waals surface area contributed by atoms with Gasteiger partial charge in [-0.2, -0.15) is 5.10 Å². The highest BCUT2D eigenvalue weighted by Gasteiger charge is 2.13. The Balaban J connectivity index is 1.62. The number of carbonyl (C=O) groups is 2. The van der Waals surface area contributed by atoms with Crippen molar-refractivity contribution in [3.63, 3.8) is 0 Å². The maximum absolute atomic E-state index is 12.4. The molecule has 3 rings (SSSR count). The number of hydrogen-bond donors (Lipinski definition) is 2. The average molecular weight is 426 g/mol. The highest BCUT2D eigenvalue weighted by molar-refractivity contribution is 7.90. The molecule has 0 aliphatic rings. The molecule has 3 aromatic rings. The van der Waals surface area contributed by atoms with Crippen LogP contribution in [0.1, 0.15) is 40.4 Å². The number of rotatable bonds is 7. The van der Waals surface area contributed by atoms with Crippen LogP contribution in [0.3, 0.4) is 0 Å². The van der Waals surface area contributed by atoms with Crippen LogP contribution in [0, 0.1) is 0 Å². The van der Waals surface area contributed by atoms with Gasteiger partial charge in [0.1, 0.15) is 17.6 Å². The van der Waals surface area contributed by atoms with Gasteiger partial charge in [-0.3, -0.25) is 9.59 Å². The van der Waals surface area contributed by atoms with Crippen molar-refractivity contribution in [2.75, 3.05) is 6.26 Å². The van der Waals surface area contributed by atoms with Gasteiger partial charge in [-0.15, -0.1) is 0 Å². The molecule has 9 heteroatoms. The van der Waals surface area contributed by atoms with Gasteiger partial charge in [-0.1, -0.05) is 6.07 Å². The van der Waals surface area contributed by atoms with E-state index >= 15 is 0 Å². The molecule has 1 atom stereocenters. The third kappa shape index (κ3) is 5.46. The van der Waals surface area contributed by atoms with Crippen LogP contribution in [0.25, 0.3) is 5.69 Å². The summed E-state index contributed by atoms with van der Waals surface area (Å²) < 4.78 is 13.2. The number of nitrogens with zero attached hydrogens (tertiary/aromatic N) is 3. The Labute approximate surface area is 177 Å². The van der Waals surface area contributed by atoms with Crippen molar-refractivity contribution in [3.05, 3.63) is 71.8 Å². The van der Waals surface area contributed by atoms with E-state index in [4.69, 9.17) is 0 Å². The molecule has 0 saturated carbocycles. The maximum Gasteiger partial charge on any atom is 0.270 e. The van der Waals surface area contributed by atoms with Crippen molar-refractivity contribution in [2.24, 2.45) is 0 Å². The summed E-state index contributed by atoms with van der Waals surface area (Å²) in [5.41, 5.74) is 2.00. The summed E-state index contributed by atoms with van der Waals surface area (Å²) in [5, 5.41) is 9.83. The first-order valence-corrected chi connectivity index (χ1v) is 10.9. The fourth-order valence-electron chi connectivity index (χ4n) is 2.68. The second-order valence-corrected chi connectivity index (χ2v) is 8.34. The number of benzene rings is 1. The van der Waals surface area contributed by atoms with Gasteiger partial charge in [0.25, 0.3) is 11.8 Å². The van der Waals surface area contributed by atoms with E-state index in [1.807, 2.05) is 26.0 Å². The molecule has 2 amide bonds.